The molecule has 0 fully saturated rings. The van der Waals surface area contributed by atoms with Gasteiger partial charge in [-0.2, -0.15) is 0 Å². The molecule has 118 valence electrons. The molecule has 0 unspecified atom stereocenters. The number of anilines is 1. The monoisotopic (exact) mass is 427 g/mol. The molecule has 0 saturated heterocycles. The molecule has 1 aromatic carbocycles. The van der Waals surface area contributed by atoms with Crippen molar-refractivity contribution < 1.29 is 4.79 Å². The predicted molar refractivity (Wildman–Crippen MR) is 100 cm³/mol. The quantitative estimate of drug-likeness (QED) is 0.564. The van der Waals surface area contributed by atoms with Crippen molar-refractivity contribution in [3.63, 3.8) is 0 Å². The highest BCUT2D eigenvalue weighted by Crippen LogP contribution is 2.32. The molecule has 8 heteroatoms. The van der Waals surface area contributed by atoms with Crippen molar-refractivity contribution in [2.24, 2.45) is 0 Å². The molecule has 0 aliphatic rings. The number of aromatic nitrogens is 1. The Morgan fingerprint density at radius 1 is 1.26 bits per heavy atom. The summed E-state index contributed by atoms with van der Waals surface area (Å²) in [6.07, 6.45) is 0.219. The number of rotatable bonds is 5. The molecule has 2 heterocycles. The number of nitrogens with one attached hydrogen (secondary N) is 2. The minimum Gasteiger partial charge on any atom is -0.299 e. The molecule has 0 spiro atoms. The van der Waals surface area contributed by atoms with Crippen molar-refractivity contribution >= 4 is 61.8 Å². The van der Waals surface area contributed by atoms with E-state index in [0.717, 1.165) is 25.7 Å². The maximum atomic E-state index is 12.0. The van der Waals surface area contributed by atoms with E-state index in [-0.39, 0.29) is 12.3 Å². The number of carbonyl (C=O) groups is 1. The topological polar surface area (TPSA) is 54.0 Å². The van der Waals surface area contributed by atoms with Gasteiger partial charge < -0.3 is 0 Å². The van der Waals surface area contributed by atoms with Crippen LogP contribution in [0, 0.1) is 0 Å². The summed E-state index contributed by atoms with van der Waals surface area (Å²) in [4.78, 5) is 17.6. The van der Waals surface area contributed by atoms with Gasteiger partial charge in [0.1, 0.15) is 5.01 Å². The molecule has 0 atom stereocenters. The van der Waals surface area contributed by atoms with Gasteiger partial charge in [-0.25, -0.2) is 4.98 Å². The summed E-state index contributed by atoms with van der Waals surface area (Å²) in [7, 11) is 0. The predicted octanol–water partition coefficient (Wildman–Crippen LogP) is 4.97. The van der Waals surface area contributed by atoms with Gasteiger partial charge in [0.05, 0.1) is 22.7 Å². The Morgan fingerprint density at radius 3 is 2.87 bits per heavy atom. The highest BCUT2D eigenvalue weighted by molar-refractivity contribution is 9.10. The van der Waals surface area contributed by atoms with Crippen molar-refractivity contribution in [2.75, 3.05) is 5.43 Å². The minimum absolute atomic E-state index is 0.158. The van der Waals surface area contributed by atoms with Crippen LogP contribution in [0.3, 0.4) is 0 Å². The van der Waals surface area contributed by atoms with Gasteiger partial charge in [0.15, 0.2) is 0 Å². The summed E-state index contributed by atoms with van der Waals surface area (Å²) in [5.74, 6) is -0.158. The van der Waals surface area contributed by atoms with E-state index >= 15 is 0 Å². The first kappa shape index (κ1) is 16.4. The lowest BCUT2D eigenvalue weighted by Crippen LogP contribution is -2.30. The van der Waals surface area contributed by atoms with E-state index < -0.39 is 0 Å². The minimum atomic E-state index is -0.158. The third-order valence-corrected chi connectivity index (χ3v) is 5.83. The zero-order chi connectivity index (χ0) is 16.2. The van der Waals surface area contributed by atoms with Crippen molar-refractivity contribution in [3.8, 4) is 9.88 Å². The molecule has 0 saturated carbocycles. The third kappa shape index (κ3) is 4.54. The van der Waals surface area contributed by atoms with Crippen LogP contribution >= 0.6 is 50.2 Å². The van der Waals surface area contributed by atoms with E-state index in [4.69, 9.17) is 11.6 Å². The van der Waals surface area contributed by atoms with Crippen LogP contribution in [-0.2, 0) is 11.2 Å². The first-order chi connectivity index (χ1) is 11.1. The largest absolute Gasteiger partial charge is 0.299 e. The third-order valence-electron chi connectivity index (χ3n) is 2.84. The van der Waals surface area contributed by atoms with Crippen LogP contribution < -0.4 is 10.9 Å². The lowest BCUT2D eigenvalue weighted by Gasteiger charge is -2.07. The molecule has 3 rings (SSSR count). The fourth-order valence-electron chi connectivity index (χ4n) is 1.84. The van der Waals surface area contributed by atoms with E-state index in [1.165, 1.54) is 11.3 Å². The highest BCUT2D eigenvalue weighted by Gasteiger charge is 2.10. The van der Waals surface area contributed by atoms with Crippen LogP contribution in [0.1, 0.15) is 5.69 Å². The molecular weight excluding hydrogens is 418 g/mol. The molecule has 3 aromatic rings. The first-order valence-electron chi connectivity index (χ1n) is 6.59. The van der Waals surface area contributed by atoms with Gasteiger partial charge in [-0.3, -0.25) is 15.6 Å². The Morgan fingerprint density at radius 2 is 2.13 bits per heavy atom. The maximum absolute atomic E-state index is 12.0. The molecule has 23 heavy (non-hydrogen) atoms. The normalized spacial score (nSPS) is 10.5. The molecule has 0 aliphatic carbocycles. The van der Waals surface area contributed by atoms with Crippen molar-refractivity contribution in [3.05, 3.63) is 56.3 Å². The fourth-order valence-corrected chi connectivity index (χ4v) is 4.36. The van der Waals surface area contributed by atoms with E-state index in [9.17, 15) is 4.79 Å². The lowest BCUT2D eigenvalue weighted by atomic mass is 10.3. The van der Waals surface area contributed by atoms with Gasteiger partial charge >= 0.3 is 0 Å². The first-order valence-corrected chi connectivity index (χ1v) is 9.52. The fraction of sp³-hybridized carbons (Fsp3) is 0.0667. The second-order valence-corrected chi connectivity index (χ2v) is 7.75. The van der Waals surface area contributed by atoms with E-state index in [0.29, 0.717) is 5.02 Å². The van der Waals surface area contributed by atoms with Gasteiger partial charge in [0.2, 0.25) is 5.91 Å². The van der Waals surface area contributed by atoms with E-state index in [1.54, 1.807) is 23.5 Å². The second-order valence-electron chi connectivity index (χ2n) is 4.63. The van der Waals surface area contributed by atoms with Gasteiger partial charge in [-0.1, -0.05) is 17.7 Å². The maximum Gasteiger partial charge on any atom is 0.244 e. The number of halogens is 2. The van der Waals surface area contributed by atoms with E-state index in [1.807, 2.05) is 29.0 Å². The number of hydrogen-bond donors (Lipinski definition) is 2. The van der Waals surface area contributed by atoms with Crippen LogP contribution in [0.5, 0.6) is 0 Å². The summed E-state index contributed by atoms with van der Waals surface area (Å²) in [5, 5.41) is 5.45. The smallest absolute Gasteiger partial charge is 0.244 e. The summed E-state index contributed by atoms with van der Waals surface area (Å²) < 4.78 is 1.04. The Hall–Kier alpha value is -1.41. The van der Waals surface area contributed by atoms with Crippen LogP contribution in [0.2, 0.25) is 5.02 Å². The van der Waals surface area contributed by atoms with Crippen LogP contribution in [0.4, 0.5) is 5.69 Å². The standard InChI is InChI=1S/C15H11BrClN3OS2/c16-9-4-13(22-7-9)15-18-12(8-23-15)6-14(21)20-19-11-3-1-2-10(17)5-11/h1-5,7-8,19H,6H2,(H,20,21). The van der Waals surface area contributed by atoms with Gasteiger partial charge in [0, 0.05) is 20.3 Å². The molecule has 2 aromatic heterocycles. The van der Waals surface area contributed by atoms with Crippen molar-refractivity contribution in [2.45, 2.75) is 6.42 Å². The molecular formula is C15H11BrClN3OS2. The number of benzene rings is 1. The van der Waals surface area contributed by atoms with Crippen LogP contribution in [0.25, 0.3) is 9.88 Å². The summed E-state index contributed by atoms with van der Waals surface area (Å²) in [6.45, 7) is 0. The van der Waals surface area contributed by atoms with Crippen LogP contribution in [0.15, 0.2) is 45.6 Å². The highest BCUT2D eigenvalue weighted by atomic mass is 79.9. The Bertz CT molecular complexity index is 834. The molecule has 0 aliphatic heterocycles. The average molecular weight is 429 g/mol. The second kappa shape index (κ2) is 7.44. The zero-order valence-electron chi connectivity index (χ0n) is 11.7. The number of nitrogens with zero attached hydrogens (tertiary/aromatic N) is 1. The lowest BCUT2D eigenvalue weighted by molar-refractivity contribution is -0.120. The molecule has 2 N–H and O–H groups in total. The Labute approximate surface area is 154 Å². The summed E-state index contributed by atoms with van der Waals surface area (Å²) in [6, 6.07) is 9.16. The van der Waals surface area contributed by atoms with Crippen LogP contribution in [-0.4, -0.2) is 10.9 Å². The number of amides is 1. The number of thiophene rings is 1. The molecule has 1 amide bonds. The van der Waals surface area contributed by atoms with Crippen molar-refractivity contribution in [1.29, 1.82) is 0 Å². The zero-order valence-corrected chi connectivity index (χ0v) is 15.7. The SMILES string of the molecule is O=C(Cc1csc(-c2cc(Br)cs2)n1)NNc1cccc(Cl)c1. The molecule has 0 bridgehead atoms. The number of carbonyl (C=O) groups excluding carboxylic acids is 1. The van der Waals surface area contributed by atoms with Gasteiger partial charge in [0.25, 0.3) is 0 Å². The van der Waals surface area contributed by atoms with Crippen molar-refractivity contribution in [1.82, 2.24) is 10.4 Å². The van der Waals surface area contributed by atoms with Gasteiger partial charge in [-0.05, 0) is 40.2 Å². The number of hydrazine groups is 1. The molecule has 4 nitrogen and oxygen atoms in total. The number of hydrogen-bond acceptors (Lipinski definition) is 5. The Kier molecular flexibility index (Phi) is 5.32. The summed E-state index contributed by atoms with van der Waals surface area (Å²) in [5.41, 5.74) is 6.95. The van der Waals surface area contributed by atoms with Gasteiger partial charge in [-0.15, -0.1) is 22.7 Å². The molecule has 0 radical (unpaired) electrons. The Balaban J connectivity index is 1.57. The number of thiazole rings is 1. The summed E-state index contributed by atoms with van der Waals surface area (Å²) >= 11 is 12.5. The van der Waals surface area contributed by atoms with E-state index in [2.05, 4.69) is 31.8 Å². The average Bonchev–Trinajstić information content (AvgIpc) is 3.14.